The fourth-order valence-electron chi connectivity index (χ4n) is 0.973. The predicted molar refractivity (Wildman–Crippen MR) is 48.1 cm³/mol. The van der Waals surface area contributed by atoms with Crippen LogP contribution in [-0.4, -0.2) is 26.1 Å². The zero-order chi connectivity index (χ0) is 11.4. The number of nitro groups is 1. The van der Waals surface area contributed by atoms with Gasteiger partial charge in [0, 0.05) is 6.07 Å². The molecule has 0 bridgehead atoms. The van der Waals surface area contributed by atoms with Crippen LogP contribution >= 0.6 is 0 Å². The SMILES string of the molecule is O=C(O)C[C@H](O)c1ccc([N+](=O)[O-])cn1. The second-order valence-corrected chi connectivity index (χ2v) is 2.81. The summed E-state index contributed by atoms with van der Waals surface area (Å²) in [6.45, 7) is 0. The Bertz CT molecular complexity index is 375. The number of hydrogen-bond acceptors (Lipinski definition) is 5. The van der Waals surface area contributed by atoms with Gasteiger partial charge in [0.05, 0.1) is 17.0 Å². The second-order valence-electron chi connectivity index (χ2n) is 2.81. The number of aliphatic hydroxyl groups excluding tert-OH is 1. The number of carboxylic acid groups (broad SMARTS) is 1. The molecular weight excluding hydrogens is 204 g/mol. The van der Waals surface area contributed by atoms with Crippen molar-refractivity contribution in [2.45, 2.75) is 12.5 Å². The van der Waals surface area contributed by atoms with E-state index in [2.05, 4.69) is 4.98 Å². The van der Waals surface area contributed by atoms with E-state index in [9.17, 15) is 20.0 Å². The number of aliphatic hydroxyl groups is 1. The summed E-state index contributed by atoms with van der Waals surface area (Å²) < 4.78 is 0. The normalized spacial score (nSPS) is 12.1. The largest absolute Gasteiger partial charge is 0.481 e. The molecule has 0 amide bonds. The predicted octanol–water partition coefficient (Wildman–Crippen LogP) is 0.498. The van der Waals surface area contributed by atoms with Gasteiger partial charge in [0.15, 0.2) is 0 Å². The third-order valence-electron chi connectivity index (χ3n) is 1.69. The molecule has 0 aliphatic carbocycles. The third-order valence-corrected chi connectivity index (χ3v) is 1.69. The first kappa shape index (κ1) is 11.1. The Morgan fingerprint density at radius 1 is 1.60 bits per heavy atom. The minimum atomic E-state index is -1.25. The van der Waals surface area contributed by atoms with Crippen molar-refractivity contribution in [2.75, 3.05) is 0 Å². The summed E-state index contributed by atoms with van der Waals surface area (Å²) in [5.74, 6) is -1.16. The van der Waals surface area contributed by atoms with E-state index >= 15 is 0 Å². The van der Waals surface area contributed by atoms with Crippen molar-refractivity contribution in [1.29, 1.82) is 0 Å². The van der Waals surface area contributed by atoms with Crippen molar-refractivity contribution in [3.63, 3.8) is 0 Å². The van der Waals surface area contributed by atoms with Gasteiger partial charge in [-0.15, -0.1) is 0 Å². The van der Waals surface area contributed by atoms with E-state index in [0.717, 1.165) is 12.3 Å². The van der Waals surface area contributed by atoms with Gasteiger partial charge in [-0.2, -0.15) is 0 Å². The van der Waals surface area contributed by atoms with E-state index in [1.54, 1.807) is 0 Å². The highest BCUT2D eigenvalue weighted by atomic mass is 16.6. The minimum absolute atomic E-state index is 0.100. The summed E-state index contributed by atoms with van der Waals surface area (Å²) in [5, 5.41) is 28.0. The van der Waals surface area contributed by atoms with E-state index in [0.29, 0.717) is 0 Å². The van der Waals surface area contributed by atoms with Gasteiger partial charge in [0.2, 0.25) is 0 Å². The highest BCUT2D eigenvalue weighted by molar-refractivity contribution is 5.67. The zero-order valence-electron chi connectivity index (χ0n) is 7.53. The van der Waals surface area contributed by atoms with Crippen molar-refractivity contribution < 1.29 is 19.9 Å². The molecule has 0 radical (unpaired) electrons. The van der Waals surface area contributed by atoms with Crippen LogP contribution in [0.15, 0.2) is 18.3 Å². The molecule has 0 aromatic carbocycles. The quantitative estimate of drug-likeness (QED) is 0.554. The molecule has 0 aliphatic rings. The van der Waals surface area contributed by atoms with Crippen LogP contribution in [0.1, 0.15) is 18.2 Å². The third kappa shape index (κ3) is 2.99. The second kappa shape index (κ2) is 4.47. The summed E-state index contributed by atoms with van der Waals surface area (Å²) in [4.78, 5) is 23.5. The van der Waals surface area contributed by atoms with E-state index in [1.807, 2.05) is 0 Å². The van der Waals surface area contributed by atoms with E-state index in [-0.39, 0.29) is 11.4 Å². The molecule has 1 aromatic rings. The molecule has 15 heavy (non-hydrogen) atoms. The zero-order valence-corrected chi connectivity index (χ0v) is 7.53. The molecule has 0 spiro atoms. The Kier molecular flexibility index (Phi) is 3.29. The van der Waals surface area contributed by atoms with Crippen LogP contribution in [0.5, 0.6) is 0 Å². The highest BCUT2D eigenvalue weighted by Gasteiger charge is 2.14. The molecule has 0 fully saturated rings. The van der Waals surface area contributed by atoms with Crippen molar-refractivity contribution in [3.8, 4) is 0 Å². The maximum atomic E-state index is 10.3. The maximum absolute atomic E-state index is 10.3. The van der Waals surface area contributed by atoms with Crippen LogP contribution in [0.2, 0.25) is 0 Å². The standard InChI is InChI=1S/C8H8N2O5/c11-7(3-8(12)13)6-2-1-5(4-9-6)10(14)15/h1-2,4,7,11H,3H2,(H,12,13)/t7-/m0/s1. The molecule has 2 N–H and O–H groups in total. The molecule has 0 saturated heterocycles. The van der Waals surface area contributed by atoms with Crippen LogP contribution in [0, 0.1) is 10.1 Å². The molecule has 1 rings (SSSR count). The Hall–Kier alpha value is -2.02. The van der Waals surface area contributed by atoms with Crippen LogP contribution < -0.4 is 0 Å². The van der Waals surface area contributed by atoms with E-state index in [1.165, 1.54) is 6.07 Å². The smallest absolute Gasteiger partial charge is 0.306 e. The molecule has 0 unspecified atom stereocenters. The topological polar surface area (TPSA) is 114 Å². The number of aliphatic carboxylic acids is 1. The molecule has 1 aromatic heterocycles. The number of hydrogen-bond donors (Lipinski definition) is 2. The molecule has 0 aliphatic heterocycles. The van der Waals surface area contributed by atoms with Crippen molar-refractivity contribution in [2.24, 2.45) is 0 Å². The first-order chi connectivity index (χ1) is 7.00. The summed E-state index contributed by atoms with van der Waals surface area (Å²) in [7, 11) is 0. The fraction of sp³-hybridized carbons (Fsp3) is 0.250. The highest BCUT2D eigenvalue weighted by Crippen LogP contribution is 2.16. The van der Waals surface area contributed by atoms with Crippen LogP contribution in [0.4, 0.5) is 5.69 Å². The molecule has 80 valence electrons. The molecule has 7 nitrogen and oxygen atoms in total. The van der Waals surface area contributed by atoms with Gasteiger partial charge in [-0.25, -0.2) is 0 Å². The first-order valence-corrected chi connectivity index (χ1v) is 4.01. The summed E-state index contributed by atoms with van der Waals surface area (Å²) in [5.41, 5.74) is -0.107. The molecular formula is C8H8N2O5. The van der Waals surface area contributed by atoms with Gasteiger partial charge in [0.1, 0.15) is 12.3 Å². The van der Waals surface area contributed by atoms with Gasteiger partial charge < -0.3 is 10.2 Å². The number of pyridine rings is 1. The van der Waals surface area contributed by atoms with Crippen LogP contribution in [0.25, 0.3) is 0 Å². The lowest BCUT2D eigenvalue weighted by molar-refractivity contribution is -0.385. The maximum Gasteiger partial charge on any atom is 0.306 e. The summed E-state index contributed by atoms with van der Waals surface area (Å²) in [6.07, 6.45) is -0.756. The first-order valence-electron chi connectivity index (χ1n) is 4.01. The van der Waals surface area contributed by atoms with Gasteiger partial charge >= 0.3 is 5.97 Å². The lowest BCUT2D eigenvalue weighted by atomic mass is 10.1. The lowest BCUT2D eigenvalue weighted by Crippen LogP contribution is -2.07. The Morgan fingerprint density at radius 2 is 2.27 bits per heavy atom. The molecule has 0 saturated carbocycles. The Morgan fingerprint density at radius 3 is 2.67 bits per heavy atom. The average molecular weight is 212 g/mol. The number of carbonyl (C=O) groups is 1. The van der Waals surface area contributed by atoms with Gasteiger partial charge in [-0.3, -0.25) is 19.9 Å². The number of carboxylic acids is 1. The van der Waals surface area contributed by atoms with Gasteiger partial charge in [-0.1, -0.05) is 0 Å². The van der Waals surface area contributed by atoms with Crippen LogP contribution in [0.3, 0.4) is 0 Å². The number of aromatic nitrogens is 1. The summed E-state index contributed by atoms with van der Waals surface area (Å²) >= 11 is 0. The number of rotatable bonds is 4. The summed E-state index contributed by atoms with van der Waals surface area (Å²) in [6, 6.07) is 2.39. The number of nitrogens with zero attached hydrogens (tertiary/aromatic N) is 2. The van der Waals surface area contributed by atoms with E-state index in [4.69, 9.17) is 5.11 Å². The Labute approximate surface area is 84.1 Å². The minimum Gasteiger partial charge on any atom is -0.481 e. The van der Waals surface area contributed by atoms with Gasteiger partial charge in [-0.05, 0) is 6.07 Å². The van der Waals surface area contributed by atoms with Gasteiger partial charge in [0.25, 0.3) is 5.69 Å². The van der Waals surface area contributed by atoms with Crippen molar-refractivity contribution >= 4 is 11.7 Å². The van der Waals surface area contributed by atoms with Crippen LogP contribution in [-0.2, 0) is 4.79 Å². The van der Waals surface area contributed by atoms with Crippen molar-refractivity contribution in [1.82, 2.24) is 4.98 Å². The van der Waals surface area contributed by atoms with Crippen molar-refractivity contribution in [3.05, 3.63) is 34.1 Å². The fourth-order valence-corrected chi connectivity index (χ4v) is 0.973. The molecule has 7 heteroatoms. The molecule has 1 heterocycles. The lowest BCUT2D eigenvalue weighted by Gasteiger charge is -2.05. The molecule has 1 atom stereocenters. The van der Waals surface area contributed by atoms with E-state index < -0.39 is 23.4 Å². The monoisotopic (exact) mass is 212 g/mol. The Balaban J connectivity index is 2.79. The average Bonchev–Trinajstić information content (AvgIpc) is 2.17.